The van der Waals surface area contributed by atoms with Gasteiger partial charge in [0.05, 0.1) is 25.4 Å². The van der Waals surface area contributed by atoms with E-state index >= 15 is 0 Å². The maximum atomic E-state index is 13.2. The zero-order chi connectivity index (χ0) is 54.7. The Morgan fingerprint density at radius 1 is 0.453 bits per heavy atom. The molecule has 75 heavy (non-hydrogen) atoms. The minimum atomic E-state index is -1.67. The van der Waals surface area contributed by atoms with Gasteiger partial charge in [0.1, 0.15) is 36.6 Å². The molecule has 446 valence electrons. The van der Waals surface area contributed by atoms with E-state index < -0.39 is 74.2 Å². The van der Waals surface area contributed by atoms with Crippen LogP contribution in [0, 0.1) is 0 Å². The molecule has 0 saturated carbocycles. The third kappa shape index (κ3) is 41.5. The van der Waals surface area contributed by atoms with Crippen LogP contribution in [0.25, 0.3) is 0 Å². The fourth-order valence-electron chi connectivity index (χ4n) is 10.8. The molecule has 0 aliphatic carbocycles. The molecule has 0 aromatic heterocycles. The molecule has 1 saturated heterocycles. The first-order chi connectivity index (χ1) is 36.7. The van der Waals surface area contributed by atoms with Gasteiger partial charge in [-0.1, -0.05) is 296 Å². The van der Waals surface area contributed by atoms with E-state index in [1.54, 1.807) is 0 Å². The maximum absolute atomic E-state index is 13.2. The number of rotatable bonds is 57. The standard InChI is InChI=1S/C64H125NO10/c1-3-5-7-9-11-13-15-17-19-21-22-23-24-25-26-27-28-29-30-31-32-33-34-35-36-38-39-41-43-45-47-49-51-56(67)59(69)55(54-74-64-62(72)61(71)60(70)58(53-66)75-64)65-63(73)57(68)52-50-48-46-44-42-40-37-20-18-16-14-12-10-8-6-4-2/h43,45,55-62,64,66-72H,3-42,44,46-54H2,1-2H3,(H,65,73)/b45-43+. The Kier molecular flexibility index (Phi) is 51.3. The van der Waals surface area contributed by atoms with Crippen LogP contribution in [0.2, 0.25) is 0 Å². The van der Waals surface area contributed by atoms with E-state index in [1.807, 2.05) is 0 Å². The van der Waals surface area contributed by atoms with Crippen LogP contribution in [0.3, 0.4) is 0 Å². The third-order valence-electron chi connectivity index (χ3n) is 16.1. The van der Waals surface area contributed by atoms with E-state index in [0.717, 1.165) is 32.1 Å². The van der Waals surface area contributed by atoms with E-state index in [0.29, 0.717) is 12.8 Å². The molecular weight excluding hydrogens is 943 g/mol. The van der Waals surface area contributed by atoms with Crippen molar-refractivity contribution in [2.75, 3.05) is 13.2 Å². The first-order valence-electron chi connectivity index (χ1n) is 32.6. The molecule has 9 unspecified atom stereocenters. The van der Waals surface area contributed by atoms with Gasteiger partial charge >= 0.3 is 0 Å². The van der Waals surface area contributed by atoms with Gasteiger partial charge < -0.3 is 50.5 Å². The number of ether oxygens (including phenoxy) is 2. The lowest BCUT2D eigenvalue weighted by atomic mass is 9.98. The molecule has 1 fully saturated rings. The second-order valence-corrected chi connectivity index (χ2v) is 23.2. The van der Waals surface area contributed by atoms with Crippen LogP contribution < -0.4 is 5.32 Å². The van der Waals surface area contributed by atoms with Gasteiger partial charge in [0.15, 0.2) is 6.29 Å². The molecule has 1 aliphatic heterocycles. The van der Waals surface area contributed by atoms with Crippen molar-refractivity contribution < 1.29 is 50.0 Å². The van der Waals surface area contributed by atoms with Gasteiger partial charge in [-0.25, -0.2) is 0 Å². The number of aliphatic hydroxyl groups excluding tert-OH is 7. The van der Waals surface area contributed by atoms with E-state index in [9.17, 15) is 40.5 Å². The van der Waals surface area contributed by atoms with Gasteiger partial charge in [-0.15, -0.1) is 0 Å². The number of carbonyl (C=O) groups is 1. The number of hydrogen-bond acceptors (Lipinski definition) is 10. The first kappa shape index (κ1) is 71.9. The highest BCUT2D eigenvalue weighted by Crippen LogP contribution is 2.24. The van der Waals surface area contributed by atoms with Crippen molar-refractivity contribution >= 4 is 5.91 Å². The smallest absolute Gasteiger partial charge is 0.249 e. The van der Waals surface area contributed by atoms with Gasteiger partial charge in [0, 0.05) is 0 Å². The summed E-state index contributed by atoms with van der Waals surface area (Å²) in [7, 11) is 0. The highest BCUT2D eigenvalue weighted by atomic mass is 16.7. The number of aliphatic hydroxyl groups is 7. The normalized spacial score (nSPS) is 19.7. The topological polar surface area (TPSA) is 189 Å². The monoisotopic (exact) mass is 1070 g/mol. The number of amides is 1. The Bertz CT molecular complexity index is 1220. The molecule has 0 aromatic carbocycles. The molecule has 1 rings (SSSR count). The van der Waals surface area contributed by atoms with Crippen molar-refractivity contribution in [1.29, 1.82) is 0 Å². The summed E-state index contributed by atoms with van der Waals surface area (Å²) >= 11 is 0. The van der Waals surface area contributed by atoms with E-state index in [4.69, 9.17) is 9.47 Å². The fraction of sp³-hybridized carbons (Fsp3) is 0.953. The minimum absolute atomic E-state index is 0.259. The summed E-state index contributed by atoms with van der Waals surface area (Å²) in [5.41, 5.74) is 0. The van der Waals surface area contributed by atoms with Crippen molar-refractivity contribution in [2.45, 2.75) is 377 Å². The van der Waals surface area contributed by atoms with E-state index in [-0.39, 0.29) is 12.8 Å². The quantitative estimate of drug-likeness (QED) is 0.0215. The van der Waals surface area contributed by atoms with Crippen molar-refractivity contribution in [2.24, 2.45) is 0 Å². The predicted octanol–water partition coefficient (Wildman–Crippen LogP) is 14.7. The summed E-state index contributed by atoms with van der Waals surface area (Å²) in [6.45, 7) is 3.49. The second-order valence-electron chi connectivity index (χ2n) is 23.2. The van der Waals surface area contributed by atoms with Crippen LogP contribution in [0.1, 0.15) is 322 Å². The van der Waals surface area contributed by atoms with Gasteiger partial charge in [-0.3, -0.25) is 4.79 Å². The van der Waals surface area contributed by atoms with Gasteiger partial charge in [0.25, 0.3) is 0 Å². The molecule has 0 aromatic rings. The SMILES string of the molecule is CCCCCCCCCCCCCCCCCCCCCCCCCCCCC/C=C/CCCC(O)C(O)C(COC1OC(CO)C(O)C(O)C1O)NC(=O)C(O)CCCCCCCCCCCCCCCCCC. The summed E-state index contributed by atoms with van der Waals surface area (Å²) in [4.78, 5) is 13.2. The maximum Gasteiger partial charge on any atom is 0.249 e. The molecule has 0 spiro atoms. The summed E-state index contributed by atoms with van der Waals surface area (Å²) in [5.74, 6) is -0.700. The summed E-state index contributed by atoms with van der Waals surface area (Å²) < 4.78 is 11.2. The first-order valence-corrected chi connectivity index (χ1v) is 32.6. The molecule has 11 nitrogen and oxygen atoms in total. The molecule has 1 heterocycles. The number of unbranched alkanes of at least 4 members (excludes halogenated alkanes) is 43. The Morgan fingerprint density at radius 2 is 0.787 bits per heavy atom. The summed E-state index contributed by atoms with van der Waals surface area (Å²) in [6.07, 6.45) is 53.0. The van der Waals surface area contributed by atoms with Crippen LogP contribution in [-0.2, 0) is 14.3 Å². The van der Waals surface area contributed by atoms with Crippen LogP contribution in [0.15, 0.2) is 12.2 Å². The largest absolute Gasteiger partial charge is 0.394 e. The van der Waals surface area contributed by atoms with Crippen LogP contribution in [0.5, 0.6) is 0 Å². The van der Waals surface area contributed by atoms with Crippen molar-refractivity contribution in [1.82, 2.24) is 5.32 Å². The minimum Gasteiger partial charge on any atom is -0.394 e. The molecule has 1 amide bonds. The van der Waals surface area contributed by atoms with E-state index in [1.165, 1.54) is 250 Å². The predicted molar refractivity (Wildman–Crippen MR) is 312 cm³/mol. The van der Waals surface area contributed by atoms with Gasteiger partial charge in [0.2, 0.25) is 5.91 Å². The van der Waals surface area contributed by atoms with Crippen LogP contribution in [-0.4, -0.2) is 110 Å². The second kappa shape index (κ2) is 53.5. The average Bonchev–Trinajstić information content (AvgIpc) is 3.41. The van der Waals surface area contributed by atoms with Crippen LogP contribution >= 0.6 is 0 Å². The molecule has 8 N–H and O–H groups in total. The van der Waals surface area contributed by atoms with Gasteiger partial charge in [-0.2, -0.15) is 0 Å². The highest BCUT2D eigenvalue weighted by molar-refractivity contribution is 5.80. The molecule has 11 heteroatoms. The van der Waals surface area contributed by atoms with Crippen molar-refractivity contribution in [3.63, 3.8) is 0 Å². The molecular formula is C64H125NO10. The number of carbonyl (C=O) groups excluding carboxylic acids is 1. The molecule has 0 bridgehead atoms. The Labute approximate surface area is 462 Å². The molecule has 1 aliphatic rings. The zero-order valence-electron chi connectivity index (χ0n) is 49.1. The third-order valence-corrected chi connectivity index (χ3v) is 16.1. The van der Waals surface area contributed by atoms with Crippen molar-refractivity contribution in [3.05, 3.63) is 12.2 Å². The van der Waals surface area contributed by atoms with Crippen LogP contribution in [0.4, 0.5) is 0 Å². The van der Waals surface area contributed by atoms with E-state index in [2.05, 4.69) is 31.3 Å². The molecule has 9 atom stereocenters. The lowest BCUT2D eigenvalue weighted by Crippen LogP contribution is -2.60. The Balaban J connectivity index is 2.20. The highest BCUT2D eigenvalue weighted by Gasteiger charge is 2.44. The molecule has 0 radical (unpaired) electrons. The number of nitrogens with one attached hydrogen (secondary N) is 1. The number of hydrogen-bond donors (Lipinski definition) is 8. The summed E-state index contributed by atoms with van der Waals surface area (Å²) in [6, 6.07) is -1.18. The fourth-order valence-corrected chi connectivity index (χ4v) is 10.8. The van der Waals surface area contributed by atoms with Gasteiger partial charge in [-0.05, 0) is 38.5 Å². The number of allylic oxidation sites excluding steroid dienone is 2. The zero-order valence-corrected chi connectivity index (χ0v) is 49.1. The Morgan fingerprint density at radius 3 is 1.15 bits per heavy atom. The lowest BCUT2D eigenvalue weighted by Gasteiger charge is -2.40. The van der Waals surface area contributed by atoms with Crippen molar-refractivity contribution in [3.8, 4) is 0 Å². The Hall–Kier alpha value is -1.15. The lowest BCUT2D eigenvalue weighted by molar-refractivity contribution is -0.303. The average molecular weight is 1070 g/mol. The summed E-state index contributed by atoms with van der Waals surface area (Å²) in [5, 5.41) is 76.2.